The molecule has 0 saturated carbocycles. The van der Waals surface area contributed by atoms with E-state index in [-0.39, 0.29) is 16.4 Å². The molecular weight excluding hydrogens is 473 g/mol. The summed E-state index contributed by atoms with van der Waals surface area (Å²) in [5.41, 5.74) is 2.61. The standard InChI is InChI=1S/C21H17Cl2N5O3S/c1-10-13(22)8-14(23)19(24-10)26-17(29)9-31-21(30)12-7-15(16-5-4-6-32-16)25-20-18(12)11(2)27-28(20)3/h4-8H,9H2,1-3H3,(H,24,26,29). The highest BCUT2D eigenvalue weighted by Crippen LogP contribution is 2.30. The van der Waals surface area contributed by atoms with Gasteiger partial charge in [0.25, 0.3) is 5.91 Å². The van der Waals surface area contributed by atoms with Crippen LogP contribution in [0.25, 0.3) is 21.6 Å². The summed E-state index contributed by atoms with van der Waals surface area (Å²) in [4.78, 5) is 35.0. The third kappa shape index (κ3) is 4.32. The zero-order valence-corrected chi connectivity index (χ0v) is 19.6. The van der Waals surface area contributed by atoms with Gasteiger partial charge in [-0.3, -0.25) is 9.48 Å². The van der Waals surface area contributed by atoms with Crippen molar-refractivity contribution in [1.29, 1.82) is 0 Å². The molecule has 4 rings (SSSR count). The molecule has 0 aromatic carbocycles. The predicted octanol–water partition coefficient (Wildman–Crippen LogP) is 4.81. The lowest BCUT2D eigenvalue weighted by molar-refractivity contribution is -0.119. The van der Waals surface area contributed by atoms with Gasteiger partial charge in [-0.15, -0.1) is 11.3 Å². The smallest absolute Gasteiger partial charge is 0.339 e. The third-order valence-corrected chi connectivity index (χ3v) is 6.22. The second-order valence-electron chi connectivity index (χ2n) is 6.95. The number of anilines is 1. The topological polar surface area (TPSA) is 99.0 Å². The lowest BCUT2D eigenvalue weighted by atomic mass is 10.1. The van der Waals surface area contributed by atoms with E-state index in [1.165, 1.54) is 17.4 Å². The van der Waals surface area contributed by atoms with Crippen LogP contribution in [0.4, 0.5) is 5.82 Å². The molecule has 0 fully saturated rings. The number of pyridine rings is 2. The van der Waals surface area contributed by atoms with Crippen molar-refractivity contribution < 1.29 is 14.3 Å². The molecule has 0 unspecified atom stereocenters. The number of nitrogens with zero attached hydrogens (tertiary/aromatic N) is 4. The minimum absolute atomic E-state index is 0.143. The summed E-state index contributed by atoms with van der Waals surface area (Å²) in [6.45, 7) is 2.95. The molecule has 4 heterocycles. The Morgan fingerprint density at radius 3 is 2.66 bits per heavy atom. The van der Waals surface area contributed by atoms with Crippen LogP contribution in [0.3, 0.4) is 0 Å². The number of hydrogen-bond donors (Lipinski definition) is 1. The van der Waals surface area contributed by atoms with Gasteiger partial charge in [0.1, 0.15) is 0 Å². The quantitative estimate of drug-likeness (QED) is 0.403. The summed E-state index contributed by atoms with van der Waals surface area (Å²) < 4.78 is 6.90. The van der Waals surface area contributed by atoms with Crippen molar-refractivity contribution in [3.8, 4) is 10.6 Å². The van der Waals surface area contributed by atoms with E-state index in [1.807, 2.05) is 17.5 Å². The van der Waals surface area contributed by atoms with E-state index in [4.69, 9.17) is 27.9 Å². The second kappa shape index (κ2) is 8.85. The van der Waals surface area contributed by atoms with E-state index >= 15 is 0 Å². The molecule has 0 aliphatic carbocycles. The van der Waals surface area contributed by atoms with Crippen LogP contribution in [0.1, 0.15) is 21.7 Å². The van der Waals surface area contributed by atoms with Crippen LogP contribution >= 0.6 is 34.5 Å². The number of thiophene rings is 1. The van der Waals surface area contributed by atoms with Crippen LogP contribution in [0.15, 0.2) is 29.6 Å². The van der Waals surface area contributed by atoms with Crippen molar-refractivity contribution in [2.24, 2.45) is 7.05 Å². The van der Waals surface area contributed by atoms with Gasteiger partial charge >= 0.3 is 5.97 Å². The Balaban J connectivity index is 1.57. The van der Waals surface area contributed by atoms with Gasteiger partial charge < -0.3 is 10.1 Å². The predicted molar refractivity (Wildman–Crippen MR) is 124 cm³/mol. The molecule has 0 saturated heterocycles. The number of aromatic nitrogens is 4. The van der Waals surface area contributed by atoms with Crippen molar-refractivity contribution in [1.82, 2.24) is 19.7 Å². The summed E-state index contributed by atoms with van der Waals surface area (Å²) >= 11 is 13.5. The number of esters is 1. The first-order valence-corrected chi connectivity index (χ1v) is 11.1. The summed E-state index contributed by atoms with van der Waals surface area (Å²) in [6.07, 6.45) is 0. The Morgan fingerprint density at radius 1 is 1.16 bits per heavy atom. The van der Waals surface area contributed by atoms with Crippen molar-refractivity contribution in [2.75, 3.05) is 11.9 Å². The molecule has 0 radical (unpaired) electrons. The van der Waals surface area contributed by atoms with Crippen molar-refractivity contribution in [3.05, 3.63) is 56.6 Å². The SMILES string of the molecule is Cc1nc(NC(=O)COC(=O)c2cc(-c3cccs3)nc3c2c(C)nn3C)c(Cl)cc1Cl. The summed E-state index contributed by atoms with van der Waals surface area (Å²) in [5.74, 6) is -1.10. The molecule has 4 aromatic heterocycles. The van der Waals surface area contributed by atoms with E-state index in [9.17, 15) is 9.59 Å². The lowest BCUT2D eigenvalue weighted by Crippen LogP contribution is -2.22. The molecule has 0 spiro atoms. The first-order valence-electron chi connectivity index (χ1n) is 9.42. The van der Waals surface area contributed by atoms with Gasteiger partial charge in [0.05, 0.1) is 43.0 Å². The molecule has 0 aliphatic rings. The molecule has 0 aliphatic heterocycles. The summed E-state index contributed by atoms with van der Waals surface area (Å²) in [5, 5.41) is 9.97. The average molecular weight is 490 g/mol. The second-order valence-corrected chi connectivity index (χ2v) is 8.71. The van der Waals surface area contributed by atoms with E-state index < -0.39 is 18.5 Å². The van der Waals surface area contributed by atoms with Crippen LogP contribution in [0.5, 0.6) is 0 Å². The van der Waals surface area contributed by atoms with Gasteiger partial charge in [0.15, 0.2) is 18.1 Å². The van der Waals surface area contributed by atoms with Gasteiger partial charge in [-0.25, -0.2) is 14.8 Å². The van der Waals surface area contributed by atoms with Crippen LogP contribution in [0, 0.1) is 13.8 Å². The monoisotopic (exact) mass is 489 g/mol. The number of hydrogen-bond acceptors (Lipinski definition) is 7. The molecule has 164 valence electrons. The Morgan fingerprint density at radius 2 is 1.94 bits per heavy atom. The average Bonchev–Trinajstić information content (AvgIpc) is 3.38. The molecular formula is C21H17Cl2N5O3S. The van der Waals surface area contributed by atoms with Crippen LogP contribution in [-0.2, 0) is 16.6 Å². The fraction of sp³-hybridized carbons (Fsp3) is 0.190. The molecule has 1 N–H and O–H groups in total. The van der Waals surface area contributed by atoms with Crippen LogP contribution in [-0.4, -0.2) is 38.2 Å². The number of rotatable bonds is 5. The third-order valence-electron chi connectivity index (χ3n) is 4.66. The number of fused-ring (bicyclic) bond motifs is 1. The number of carbonyl (C=O) groups is 2. The minimum Gasteiger partial charge on any atom is -0.452 e. The maximum Gasteiger partial charge on any atom is 0.339 e. The minimum atomic E-state index is -0.659. The van der Waals surface area contributed by atoms with Gasteiger partial charge in [-0.2, -0.15) is 5.10 Å². The number of aryl methyl sites for hydroxylation is 3. The van der Waals surface area contributed by atoms with Crippen molar-refractivity contribution >= 4 is 63.3 Å². The Labute approximate surface area is 197 Å². The number of nitrogens with one attached hydrogen (secondary N) is 1. The van der Waals surface area contributed by atoms with Gasteiger partial charge in [0.2, 0.25) is 0 Å². The number of halogens is 2. The maximum absolute atomic E-state index is 12.9. The zero-order valence-electron chi connectivity index (χ0n) is 17.3. The molecule has 8 nitrogen and oxygen atoms in total. The summed E-state index contributed by atoms with van der Waals surface area (Å²) in [7, 11) is 1.76. The molecule has 1 amide bonds. The van der Waals surface area contributed by atoms with E-state index in [0.717, 1.165) is 4.88 Å². The first-order chi connectivity index (χ1) is 15.2. The van der Waals surface area contributed by atoms with Crippen molar-refractivity contribution in [3.63, 3.8) is 0 Å². The van der Waals surface area contributed by atoms with Gasteiger partial charge in [-0.05, 0) is 37.4 Å². The van der Waals surface area contributed by atoms with E-state index in [2.05, 4.69) is 20.4 Å². The van der Waals surface area contributed by atoms with Gasteiger partial charge in [0, 0.05) is 7.05 Å². The number of amides is 1. The fourth-order valence-corrected chi connectivity index (χ4v) is 4.27. The highest BCUT2D eigenvalue weighted by molar-refractivity contribution is 7.13. The highest BCUT2D eigenvalue weighted by atomic mass is 35.5. The van der Waals surface area contributed by atoms with Crippen molar-refractivity contribution in [2.45, 2.75) is 13.8 Å². The zero-order chi connectivity index (χ0) is 23.0. The molecule has 4 aromatic rings. The van der Waals surface area contributed by atoms with Crippen LogP contribution in [0.2, 0.25) is 10.0 Å². The van der Waals surface area contributed by atoms with Gasteiger partial charge in [-0.1, -0.05) is 29.3 Å². The first kappa shape index (κ1) is 22.2. The molecule has 0 atom stereocenters. The summed E-state index contributed by atoms with van der Waals surface area (Å²) in [6, 6.07) is 6.96. The number of carbonyl (C=O) groups excluding carboxylic acids is 2. The number of ether oxygens (including phenoxy) is 1. The molecule has 32 heavy (non-hydrogen) atoms. The fourth-order valence-electron chi connectivity index (χ4n) is 3.18. The lowest BCUT2D eigenvalue weighted by Gasteiger charge is -2.10. The normalized spacial score (nSPS) is 11.0. The molecule has 11 heteroatoms. The van der Waals surface area contributed by atoms with Crippen LogP contribution < -0.4 is 5.32 Å². The largest absolute Gasteiger partial charge is 0.452 e. The maximum atomic E-state index is 12.9. The Kier molecular flexibility index (Phi) is 6.14. The Hall–Kier alpha value is -3.01. The highest BCUT2D eigenvalue weighted by Gasteiger charge is 2.21. The van der Waals surface area contributed by atoms with E-state index in [0.29, 0.717) is 33.1 Å². The van der Waals surface area contributed by atoms with E-state index in [1.54, 1.807) is 31.6 Å². The Bertz CT molecular complexity index is 1350. The molecule has 0 bridgehead atoms.